The summed E-state index contributed by atoms with van der Waals surface area (Å²) >= 11 is 0. The van der Waals surface area contributed by atoms with Crippen molar-refractivity contribution < 1.29 is 9.13 Å². The predicted molar refractivity (Wildman–Crippen MR) is 201 cm³/mol. The average Bonchev–Trinajstić information content (AvgIpc) is 3.77. The summed E-state index contributed by atoms with van der Waals surface area (Å²) in [6.45, 7) is 10.8. The molecule has 2 aliphatic heterocycles. The lowest BCUT2D eigenvalue weighted by Crippen LogP contribution is -2.34. The number of nitrogens with zero attached hydrogens (tertiary/aromatic N) is 4. The molecule has 6 heteroatoms. The highest BCUT2D eigenvalue weighted by Crippen LogP contribution is 2.33. The fourth-order valence-electron chi connectivity index (χ4n) is 8.33. The Morgan fingerprint density at radius 1 is 0.417 bits per heavy atom. The van der Waals surface area contributed by atoms with E-state index in [1.807, 2.05) is 0 Å². The van der Waals surface area contributed by atoms with Crippen molar-refractivity contribution >= 4 is 55.0 Å². The van der Waals surface area contributed by atoms with E-state index in [1.165, 1.54) is 93.5 Å². The van der Waals surface area contributed by atoms with Crippen molar-refractivity contribution in [3.63, 3.8) is 0 Å². The van der Waals surface area contributed by atoms with Crippen molar-refractivity contribution in [1.29, 1.82) is 0 Å². The zero-order chi connectivity index (χ0) is 32.1. The van der Waals surface area contributed by atoms with Crippen LogP contribution < -0.4 is 29.6 Å². The normalized spacial score (nSPS) is 14.2. The lowest BCUT2D eigenvalue weighted by atomic mass is 10.1. The van der Waals surface area contributed by atoms with Gasteiger partial charge in [-0.2, -0.15) is 0 Å². The SMILES string of the molecule is c1ccc2c(c1)c1[n+](c3ccccc23)CCN1CCNCCCCCCCCNCCN1CC[n+]2c1c1ccccc1c1ccccc12. The molecule has 0 aliphatic carbocycles. The number of unbranched alkanes of at least 4 members (excludes halogenated alkanes) is 5. The molecule has 4 aromatic carbocycles. The third-order valence-electron chi connectivity index (χ3n) is 10.7. The first kappa shape index (κ1) is 31.0. The van der Waals surface area contributed by atoms with Gasteiger partial charge in [0.25, 0.3) is 11.6 Å². The van der Waals surface area contributed by atoms with Gasteiger partial charge >= 0.3 is 0 Å². The molecule has 0 bridgehead atoms. The summed E-state index contributed by atoms with van der Waals surface area (Å²) < 4.78 is 5.06. The second-order valence-corrected chi connectivity index (χ2v) is 13.7. The Hall–Kier alpha value is -4.26. The van der Waals surface area contributed by atoms with Crippen molar-refractivity contribution in [2.45, 2.75) is 51.6 Å². The number of hydrogen-bond acceptors (Lipinski definition) is 4. The second-order valence-electron chi connectivity index (χ2n) is 13.7. The lowest BCUT2D eigenvalue weighted by molar-refractivity contribution is -0.643. The molecule has 0 fully saturated rings. The van der Waals surface area contributed by atoms with Crippen molar-refractivity contribution in [3.8, 4) is 0 Å². The number of benzene rings is 4. The van der Waals surface area contributed by atoms with E-state index < -0.39 is 0 Å². The zero-order valence-electron chi connectivity index (χ0n) is 28.3. The summed E-state index contributed by atoms with van der Waals surface area (Å²) in [5.41, 5.74) is 2.71. The molecule has 0 amide bonds. The van der Waals surface area contributed by atoms with Gasteiger partial charge in [0.15, 0.2) is 0 Å². The van der Waals surface area contributed by atoms with Crippen LogP contribution in [-0.2, 0) is 13.1 Å². The summed E-state index contributed by atoms with van der Waals surface area (Å²) in [5, 5.41) is 15.7. The third-order valence-corrected chi connectivity index (χ3v) is 10.7. The summed E-state index contributed by atoms with van der Waals surface area (Å²) in [4.78, 5) is 5.17. The molecule has 0 unspecified atom stereocenters. The molecule has 0 saturated heterocycles. The molecule has 2 aliphatic rings. The minimum Gasteiger partial charge on any atom is -0.313 e. The molecule has 246 valence electrons. The Morgan fingerprint density at radius 3 is 1.25 bits per heavy atom. The summed E-state index contributed by atoms with van der Waals surface area (Å²) in [6, 6.07) is 35.6. The third kappa shape index (κ3) is 6.08. The van der Waals surface area contributed by atoms with Gasteiger partial charge < -0.3 is 10.6 Å². The fraction of sp³-hybridized carbons (Fsp3) is 0.381. The Balaban J connectivity index is 0.707. The van der Waals surface area contributed by atoms with Gasteiger partial charge in [-0.15, -0.1) is 0 Å². The zero-order valence-corrected chi connectivity index (χ0v) is 28.3. The maximum Gasteiger partial charge on any atom is 0.285 e. The number of nitrogens with one attached hydrogen (secondary N) is 2. The van der Waals surface area contributed by atoms with Crippen LogP contribution in [0.4, 0.5) is 11.6 Å². The van der Waals surface area contributed by atoms with Gasteiger partial charge in [0.05, 0.1) is 23.9 Å². The first-order chi connectivity index (χ1) is 23.9. The number of pyridine rings is 2. The van der Waals surface area contributed by atoms with Gasteiger partial charge in [-0.05, 0) is 50.2 Å². The van der Waals surface area contributed by atoms with Gasteiger partial charge in [-0.3, -0.25) is 9.80 Å². The van der Waals surface area contributed by atoms with E-state index in [9.17, 15) is 0 Å². The molecule has 2 N–H and O–H groups in total. The quantitative estimate of drug-likeness (QED) is 0.0743. The van der Waals surface area contributed by atoms with Crippen LogP contribution in [0.1, 0.15) is 38.5 Å². The molecule has 0 atom stereocenters. The minimum absolute atomic E-state index is 1.04. The van der Waals surface area contributed by atoms with Crippen LogP contribution in [0.3, 0.4) is 0 Å². The Bertz CT molecular complexity index is 1890. The van der Waals surface area contributed by atoms with Crippen LogP contribution in [0.25, 0.3) is 43.4 Å². The number of aromatic nitrogens is 2. The number of para-hydroxylation sites is 2. The lowest BCUT2D eigenvalue weighted by Gasteiger charge is -2.14. The maximum atomic E-state index is 3.73. The summed E-state index contributed by atoms with van der Waals surface area (Å²) in [5.74, 6) is 2.78. The highest BCUT2D eigenvalue weighted by molar-refractivity contribution is 6.09. The summed E-state index contributed by atoms with van der Waals surface area (Å²) in [6.07, 6.45) is 7.90. The molecule has 0 spiro atoms. The van der Waals surface area contributed by atoms with Crippen LogP contribution >= 0.6 is 0 Å². The highest BCUT2D eigenvalue weighted by Gasteiger charge is 2.33. The van der Waals surface area contributed by atoms with Crippen LogP contribution in [0.2, 0.25) is 0 Å². The van der Waals surface area contributed by atoms with Crippen molar-refractivity contribution in [2.75, 3.05) is 62.2 Å². The van der Waals surface area contributed by atoms with Gasteiger partial charge in [-0.1, -0.05) is 98.5 Å². The molecule has 8 rings (SSSR count). The van der Waals surface area contributed by atoms with Crippen LogP contribution in [0, 0.1) is 0 Å². The number of fused-ring (bicyclic) bond motifs is 12. The molecule has 48 heavy (non-hydrogen) atoms. The van der Waals surface area contributed by atoms with Crippen molar-refractivity contribution in [3.05, 3.63) is 97.1 Å². The number of rotatable bonds is 15. The topological polar surface area (TPSA) is 38.3 Å². The maximum absolute atomic E-state index is 3.73. The largest absolute Gasteiger partial charge is 0.313 e. The Labute approximate surface area is 285 Å². The van der Waals surface area contributed by atoms with E-state index in [2.05, 4.69) is 127 Å². The molecular weight excluding hydrogens is 589 g/mol. The molecule has 6 aromatic rings. The van der Waals surface area contributed by atoms with Gasteiger partial charge in [0.2, 0.25) is 0 Å². The Morgan fingerprint density at radius 2 is 0.792 bits per heavy atom. The van der Waals surface area contributed by atoms with Gasteiger partial charge in [-0.25, -0.2) is 9.13 Å². The second kappa shape index (κ2) is 14.5. The van der Waals surface area contributed by atoms with Crippen LogP contribution in [0.5, 0.6) is 0 Å². The molecule has 2 aromatic heterocycles. The predicted octanol–water partition coefficient (Wildman–Crippen LogP) is 6.73. The first-order valence-corrected chi connectivity index (χ1v) is 18.5. The van der Waals surface area contributed by atoms with Gasteiger partial charge in [0, 0.05) is 34.6 Å². The Kier molecular flexibility index (Phi) is 9.35. The standard InChI is InChI=1S/C42H50N6/c1(3-13-23-43-25-27-45-29-31-47-39-21-11-9-17-35(39)33-15-5-7-19-37(33)41(45)47)2-4-14-24-44-26-28-46-30-32-48-40-22-12-10-18-36(40)34-16-6-8-20-38(34)42(46)48/h5-12,15-22,43-44H,1-4,13-14,23-32H2/q+2. The number of hydrogen-bond donors (Lipinski definition) is 2. The number of anilines is 2. The van der Waals surface area contributed by atoms with Crippen LogP contribution in [0.15, 0.2) is 97.1 Å². The van der Waals surface area contributed by atoms with E-state index in [1.54, 1.807) is 0 Å². The molecule has 6 nitrogen and oxygen atoms in total. The van der Waals surface area contributed by atoms with E-state index >= 15 is 0 Å². The molecular formula is C42H50N6+2. The molecule has 0 radical (unpaired) electrons. The van der Waals surface area contributed by atoms with E-state index in [4.69, 9.17) is 0 Å². The highest BCUT2D eigenvalue weighted by atomic mass is 15.3. The van der Waals surface area contributed by atoms with Gasteiger partial charge in [0.1, 0.15) is 37.2 Å². The van der Waals surface area contributed by atoms with Crippen LogP contribution in [-0.4, -0.2) is 52.4 Å². The van der Waals surface area contributed by atoms with Crippen molar-refractivity contribution in [2.24, 2.45) is 0 Å². The van der Waals surface area contributed by atoms with E-state index in [0.29, 0.717) is 0 Å². The smallest absolute Gasteiger partial charge is 0.285 e. The summed E-state index contributed by atoms with van der Waals surface area (Å²) in [7, 11) is 0. The van der Waals surface area contributed by atoms with E-state index in [-0.39, 0.29) is 0 Å². The monoisotopic (exact) mass is 638 g/mol. The van der Waals surface area contributed by atoms with Crippen molar-refractivity contribution in [1.82, 2.24) is 10.6 Å². The van der Waals surface area contributed by atoms with E-state index in [0.717, 1.165) is 65.4 Å². The average molecular weight is 639 g/mol. The minimum atomic E-state index is 1.04. The molecule has 0 saturated carbocycles. The molecule has 4 heterocycles. The first-order valence-electron chi connectivity index (χ1n) is 18.5. The fourth-order valence-corrected chi connectivity index (χ4v) is 8.33.